The summed E-state index contributed by atoms with van der Waals surface area (Å²) in [7, 11) is -3.52. The van der Waals surface area contributed by atoms with E-state index in [1.807, 2.05) is 28.0 Å². The Labute approximate surface area is 284 Å². The summed E-state index contributed by atoms with van der Waals surface area (Å²) in [5, 5.41) is 4.91. The highest BCUT2D eigenvalue weighted by molar-refractivity contribution is 7.92. The van der Waals surface area contributed by atoms with Crippen molar-refractivity contribution >= 4 is 49.8 Å². The summed E-state index contributed by atoms with van der Waals surface area (Å²) < 4.78 is 68.8. The first-order chi connectivity index (χ1) is 23.4. The molecule has 264 valence electrons. The maximum Gasteiger partial charge on any atom is 0.497 e. The number of carbonyl (C=O) groups excluding carboxylic acids is 1. The Bertz CT molecular complexity index is 1800. The zero-order valence-corrected chi connectivity index (χ0v) is 28.5. The van der Waals surface area contributed by atoms with Crippen LogP contribution >= 0.6 is 0 Å². The third kappa shape index (κ3) is 7.18. The molecule has 3 aliphatic heterocycles. The van der Waals surface area contributed by atoms with Gasteiger partial charge in [-0.1, -0.05) is 25.5 Å². The van der Waals surface area contributed by atoms with Crippen molar-refractivity contribution < 1.29 is 31.1 Å². The smallest absolute Gasteiger partial charge is 0.381 e. The lowest BCUT2D eigenvalue weighted by atomic mass is 9.88. The Kier molecular flexibility index (Phi) is 10.0. The van der Waals surface area contributed by atoms with Crippen molar-refractivity contribution in [1.29, 1.82) is 0 Å². The Hall–Kier alpha value is -3.98. The lowest BCUT2D eigenvalue weighted by Crippen LogP contribution is -2.58. The minimum atomic E-state index is -5.28. The van der Waals surface area contributed by atoms with Gasteiger partial charge in [0.1, 0.15) is 11.6 Å². The van der Waals surface area contributed by atoms with Gasteiger partial charge in [-0.2, -0.15) is 18.2 Å². The minimum Gasteiger partial charge on any atom is -0.381 e. The van der Waals surface area contributed by atoms with Gasteiger partial charge >= 0.3 is 5.51 Å². The summed E-state index contributed by atoms with van der Waals surface area (Å²) in [4.78, 5) is 32.9. The van der Waals surface area contributed by atoms with Crippen molar-refractivity contribution in [2.75, 3.05) is 54.2 Å². The van der Waals surface area contributed by atoms with Crippen LogP contribution in [0.3, 0.4) is 0 Å². The number of amides is 1. The number of ether oxygens (including phenoxy) is 1. The van der Waals surface area contributed by atoms with E-state index in [0.717, 1.165) is 73.6 Å². The Morgan fingerprint density at radius 1 is 1.06 bits per heavy atom. The fourth-order valence-electron chi connectivity index (χ4n) is 7.24. The summed E-state index contributed by atoms with van der Waals surface area (Å²) in [6.07, 6.45) is 10.3. The number of carbonyl (C=O) groups is 1. The average molecular weight is 702 g/mol. The highest BCUT2D eigenvalue weighted by Gasteiger charge is 2.50. The number of likely N-dealkylation sites (tertiary alicyclic amines) is 1. The van der Waals surface area contributed by atoms with Crippen LogP contribution in [0.1, 0.15) is 57.1 Å². The monoisotopic (exact) mass is 701 g/mol. The van der Waals surface area contributed by atoms with Gasteiger partial charge in [0.05, 0.1) is 17.9 Å². The molecule has 5 heterocycles. The number of benzene rings is 1. The molecule has 3 saturated heterocycles. The summed E-state index contributed by atoms with van der Waals surface area (Å²) in [5.74, 6) is -0.0901. The molecule has 0 spiro atoms. The minimum absolute atomic E-state index is 0.148. The number of sulfone groups is 1. The van der Waals surface area contributed by atoms with Gasteiger partial charge < -0.3 is 24.8 Å². The Balaban J connectivity index is 1.34. The van der Waals surface area contributed by atoms with Gasteiger partial charge in [0, 0.05) is 68.7 Å². The molecule has 6 rings (SSSR count). The molecule has 3 fully saturated rings. The molecule has 0 aliphatic carbocycles. The second-order valence-corrected chi connectivity index (χ2v) is 15.1. The second-order valence-electron chi connectivity index (χ2n) is 13.1. The predicted molar refractivity (Wildman–Crippen MR) is 183 cm³/mol. The van der Waals surface area contributed by atoms with Crippen LogP contribution in [0.15, 0.2) is 49.3 Å². The fraction of sp³-hybridized carbons (Fsp3) is 0.529. The number of piperidine rings is 1. The topological polar surface area (TPSA) is 121 Å². The molecule has 1 aromatic carbocycles. The molecule has 3 atom stereocenters. The lowest BCUT2D eigenvalue weighted by molar-refractivity contribution is -0.128. The zero-order chi connectivity index (χ0) is 34.9. The summed E-state index contributed by atoms with van der Waals surface area (Å²) in [6.45, 7) is 7.77. The van der Waals surface area contributed by atoms with Crippen LogP contribution in [0.4, 0.5) is 36.4 Å². The number of rotatable bonds is 9. The maximum atomic E-state index is 13.1. The molecule has 3 aromatic rings. The normalized spacial score (nSPS) is 22.5. The van der Waals surface area contributed by atoms with Crippen LogP contribution in [0, 0.1) is 5.92 Å². The molecule has 49 heavy (non-hydrogen) atoms. The number of halogens is 3. The number of hydrogen-bond acceptors (Lipinski definition) is 10. The van der Waals surface area contributed by atoms with E-state index in [2.05, 4.69) is 21.8 Å². The average Bonchev–Trinajstić information content (AvgIpc) is 3.35. The van der Waals surface area contributed by atoms with Crippen molar-refractivity contribution in [3.05, 3.63) is 54.9 Å². The van der Waals surface area contributed by atoms with E-state index in [4.69, 9.17) is 14.7 Å². The number of nitrogens with zero attached hydrogens (tertiary/aromatic N) is 6. The molecule has 0 bridgehead atoms. The van der Waals surface area contributed by atoms with E-state index >= 15 is 0 Å². The van der Waals surface area contributed by atoms with Gasteiger partial charge in [0.25, 0.3) is 0 Å². The third-order valence-electron chi connectivity index (χ3n) is 10.1. The molecule has 1 N–H and O–H groups in total. The van der Waals surface area contributed by atoms with Crippen LogP contribution in [0.5, 0.6) is 0 Å². The molecular formula is C34H42F3N7O4S. The fourth-order valence-corrected chi connectivity index (χ4v) is 8.37. The molecule has 0 unspecified atom stereocenters. The van der Waals surface area contributed by atoms with Gasteiger partial charge in [-0.25, -0.2) is 18.4 Å². The van der Waals surface area contributed by atoms with Crippen LogP contribution < -0.4 is 15.1 Å². The Morgan fingerprint density at radius 3 is 2.53 bits per heavy atom. The van der Waals surface area contributed by atoms with Crippen molar-refractivity contribution in [2.45, 2.75) is 69.1 Å². The van der Waals surface area contributed by atoms with Gasteiger partial charge in [0.15, 0.2) is 0 Å². The standard InChI is InChI=1S/C34H42F3N7O4S/c1-4-32(45)43-15-7-5-6-8-28(43)25-9-10-29(44-20-23(22(44)2)21-49(46,47)34(35,36)37)27-19-39-31(18-26(25)27)40-30-11-14-38-33(41-30)42-16-12-24(48-3)13-17-42/h4,9-11,14,18-19,22-24,28H,1,5-8,12-13,15-17,20-21H2,2-3H3,(H,38,39,40,41)/t22-,23-,28+/m1/s1. The van der Waals surface area contributed by atoms with Crippen LogP contribution in [-0.4, -0.2) is 90.9 Å². The molecule has 11 nitrogen and oxygen atoms in total. The summed E-state index contributed by atoms with van der Waals surface area (Å²) in [5.41, 5.74) is -3.62. The van der Waals surface area contributed by atoms with Crippen molar-refractivity contribution in [1.82, 2.24) is 19.9 Å². The number of anilines is 4. The molecule has 3 aliphatic rings. The van der Waals surface area contributed by atoms with E-state index in [9.17, 15) is 26.4 Å². The first kappa shape index (κ1) is 34.9. The number of methoxy groups -OCH3 is 1. The van der Waals surface area contributed by atoms with Crippen molar-refractivity contribution in [3.8, 4) is 0 Å². The van der Waals surface area contributed by atoms with E-state index in [-0.39, 0.29) is 24.6 Å². The quantitative estimate of drug-likeness (QED) is 0.275. The van der Waals surface area contributed by atoms with E-state index in [1.54, 1.807) is 32.5 Å². The number of nitrogens with one attached hydrogen (secondary N) is 1. The van der Waals surface area contributed by atoms with Crippen molar-refractivity contribution in [2.24, 2.45) is 5.92 Å². The molecule has 0 saturated carbocycles. The molecule has 0 radical (unpaired) electrons. The lowest BCUT2D eigenvalue weighted by Gasteiger charge is -2.48. The van der Waals surface area contributed by atoms with Gasteiger partial charge in [0.2, 0.25) is 21.7 Å². The summed E-state index contributed by atoms with van der Waals surface area (Å²) >= 11 is 0. The highest BCUT2D eigenvalue weighted by Crippen LogP contribution is 2.43. The van der Waals surface area contributed by atoms with Gasteiger partial charge in [-0.05, 0) is 67.8 Å². The van der Waals surface area contributed by atoms with Crippen molar-refractivity contribution in [3.63, 3.8) is 0 Å². The van der Waals surface area contributed by atoms with Gasteiger partial charge in [-0.3, -0.25) is 4.79 Å². The highest BCUT2D eigenvalue weighted by atomic mass is 32.2. The number of pyridine rings is 1. The molecule has 15 heteroatoms. The Morgan fingerprint density at radius 2 is 1.84 bits per heavy atom. The molecule has 1 amide bonds. The van der Waals surface area contributed by atoms with Crippen LogP contribution in [-0.2, 0) is 19.4 Å². The van der Waals surface area contributed by atoms with E-state index < -0.39 is 33.1 Å². The maximum absolute atomic E-state index is 13.1. The first-order valence-corrected chi connectivity index (χ1v) is 18.3. The second kappa shape index (κ2) is 14.1. The number of alkyl halides is 3. The first-order valence-electron chi connectivity index (χ1n) is 16.7. The predicted octanol–water partition coefficient (Wildman–Crippen LogP) is 5.77. The number of aromatic nitrogens is 3. The number of hydrogen-bond donors (Lipinski definition) is 1. The summed E-state index contributed by atoms with van der Waals surface area (Å²) in [6, 6.07) is 6.88. The SMILES string of the molecule is C=CC(=O)N1CCCCC[C@H]1c1ccc(N2C[C@H](CS(=O)(=O)C(F)(F)F)[C@H]2C)c2cnc(Nc3ccnc(N4CCC(OC)CC4)n3)cc12. The van der Waals surface area contributed by atoms with E-state index in [1.165, 1.54) is 6.08 Å². The van der Waals surface area contributed by atoms with Crippen LogP contribution in [0.25, 0.3) is 10.8 Å². The molecular weight excluding hydrogens is 659 g/mol. The third-order valence-corrected chi connectivity index (χ3v) is 11.7. The number of fused-ring (bicyclic) bond motifs is 1. The van der Waals surface area contributed by atoms with Crippen LogP contribution in [0.2, 0.25) is 0 Å². The van der Waals surface area contributed by atoms with E-state index in [0.29, 0.717) is 24.1 Å². The van der Waals surface area contributed by atoms with Gasteiger partial charge in [-0.15, -0.1) is 0 Å². The largest absolute Gasteiger partial charge is 0.497 e. The molecule has 2 aromatic heterocycles. The zero-order valence-electron chi connectivity index (χ0n) is 27.7.